The van der Waals surface area contributed by atoms with Gasteiger partial charge in [0.15, 0.2) is 5.78 Å². The van der Waals surface area contributed by atoms with Gasteiger partial charge < -0.3 is 10.2 Å². The number of ketones is 1. The van der Waals surface area contributed by atoms with Crippen LogP contribution in [0.2, 0.25) is 0 Å². The van der Waals surface area contributed by atoms with Crippen molar-refractivity contribution in [2.45, 2.75) is 20.0 Å². The van der Waals surface area contributed by atoms with Gasteiger partial charge in [0.1, 0.15) is 0 Å². The Morgan fingerprint density at radius 2 is 1.93 bits per heavy atom. The van der Waals surface area contributed by atoms with E-state index in [0.717, 1.165) is 0 Å². The van der Waals surface area contributed by atoms with Gasteiger partial charge in [0, 0.05) is 5.56 Å². The molecular formula is C11H12O4. The number of rotatable bonds is 3. The van der Waals surface area contributed by atoms with E-state index in [1.807, 2.05) is 0 Å². The average Bonchev–Trinajstić information content (AvgIpc) is 2.16. The number of carbonyl (C=O) groups excluding carboxylic acids is 1. The van der Waals surface area contributed by atoms with Gasteiger partial charge in [0.25, 0.3) is 0 Å². The fourth-order valence-corrected chi connectivity index (χ4v) is 1.32. The fourth-order valence-electron chi connectivity index (χ4n) is 1.32. The molecule has 0 amide bonds. The molecule has 0 aliphatic rings. The molecule has 0 radical (unpaired) electrons. The molecule has 0 aromatic heterocycles. The molecule has 0 heterocycles. The summed E-state index contributed by atoms with van der Waals surface area (Å²) in [5.74, 6) is -1.27. The summed E-state index contributed by atoms with van der Waals surface area (Å²) in [7, 11) is 0. The van der Waals surface area contributed by atoms with Crippen molar-refractivity contribution >= 4 is 11.8 Å². The van der Waals surface area contributed by atoms with Crippen molar-refractivity contribution in [3.63, 3.8) is 0 Å². The fraction of sp³-hybridized carbons (Fsp3) is 0.273. The summed E-state index contributed by atoms with van der Waals surface area (Å²) in [6.07, 6.45) is -0.907. The van der Waals surface area contributed by atoms with Gasteiger partial charge in [-0.05, 0) is 31.5 Å². The third-order valence-corrected chi connectivity index (χ3v) is 2.14. The maximum Gasteiger partial charge on any atom is 0.336 e. The number of hydrogen-bond acceptors (Lipinski definition) is 3. The van der Waals surface area contributed by atoms with E-state index >= 15 is 0 Å². The number of benzene rings is 1. The molecule has 1 rings (SSSR count). The summed E-state index contributed by atoms with van der Waals surface area (Å²) >= 11 is 0. The van der Waals surface area contributed by atoms with Crippen LogP contribution in [0.25, 0.3) is 0 Å². The summed E-state index contributed by atoms with van der Waals surface area (Å²) in [6.45, 7) is 2.85. The summed E-state index contributed by atoms with van der Waals surface area (Å²) in [4.78, 5) is 21.9. The molecule has 0 saturated carbocycles. The van der Waals surface area contributed by atoms with E-state index in [4.69, 9.17) is 5.11 Å². The molecule has 1 aromatic carbocycles. The molecule has 0 fully saturated rings. The van der Waals surface area contributed by atoms with Gasteiger partial charge in [-0.25, -0.2) is 4.79 Å². The predicted molar refractivity (Wildman–Crippen MR) is 54.0 cm³/mol. The van der Waals surface area contributed by atoms with E-state index in [-0.39, 0.29) is 16.9 Å². The SMILES string of the molecule is CC(=O)c1ccc(C(=O)O)c(C(C)O)c1. The number of carboxylic acid groups (broad SMARTS) is 1. The van der Waals surface area contributed by atoms with Gasteiger partial charge in [0.2, 0.25) is 0 Å². The van der Waals surface area contributed by atoms with Crippen LogP contribution < -0.4 is 0 Å². The van der Waals surface area contributed by atoms with Crippen LogP contribution >= 0.6 is 0 Å². The van der Waals surface area contributed by atoms with Gasteiger partial charge in [-0.2, -0.15) is 0 Å². The van der Waals surface area contributed by atoms with Gasteiger partial charge in [-0.1, -0.05) is 6.07 Å². The van der Waals surface area contributed by atoms with E-state index in [0.29, 0.717) is 5.56 Å². The molecule has 4 heteroatoms. The predicted octanol–water partition coefficient (Wildman–Crippen LogP) is 1.64. The first-order valence-electron chi connectivity index (χ1n) is 4.49. The van der Waals surface area contributed by atoms with Gasteiger partial charge in [-0.3, -0.25) is 4.79 Å². The van der Waals surface area contributed by atoms with Gasteiger partial charge >= 0.3 is 5.97 Å². The van der Waals surface area contributed by atoms with Crippen LogP contribution in [0.4, 0.5) is 0 Å². The zero-order valence-corrected chi connectivity index (χ0v) is 8.52. The Balaban J connectivity index is 3.33. The highest BCUT2D eigenvalue weighted by Crippen LogP contribution is 2.20. The third-order valence-electron chi connectivity index (χ3n) is 2.14. The largest absolute Gasteiger partial charge is 0.478 e. The number of carbonyl (C=O) groups is 2. The van der Waals surface area contributed by atoms with Crippen molar-refractivity contribution in [1.82, 2.24) is 0 Å². The number of Topliss-reactive ketones (excluding diaryl/α,β-unsaturated/α-hetero) is 1. The Bertz CT molecular complexity index is 407. The minimum atomic E-state index is -1.11. The zero-order valence-electron chi connectivity index (χ0n) is 8.52. The highest BCUT2D eigenvalue weighted by molar-refractivity contribution is 5.96. The summed E-state index contributed by atoms with van der Waals surface area (Å²) in [5, 5.41) is 18.2. The Kier molecular flexibility index (Phi) is 3.21. The highest BCUT2D eigenvalue weighted by Gasteiger charge is 2.15. The zero-order chi connectivity index (χ0) is 11.6. The quantitative estimate of drug-likeness (QED) is 0.740. The van der Waals surface area contributed by atoms with Gasteiger partial charge in [0.05, 0.1) is 11.7 Å². The summed E-state index contributed by atoms with van der Waals surface area (Å²) < 4.78 is 0. The van der Waals surface area contributed by atoms with Crippen LogP contribution in [0.3, 0.4) is 0 Å². The lowest BCUT2D eigenvalue weighted by Gasteiger charge is -2.09. The lowest BCUT2D eigenvalue weighted by Crippen LogP contribution is -2.07. The molecule has 80 valence electrons. The van der Waals surface area contributed by atoms with Crippen LogP contribution in [0.1, 0.15) is 46.2 Å². The molecule has 0 aliphatic carbocycles. The Morgan fingerprint density at radius 3 is 2.33 bits per heavy atom. The highest BCUT2D eigenvalue weighted by atomic mass is 16.4. The molecule has 0 saturated heterocycles. The van der Waals surface area contributed by atoms with E-state index in [1.54, 1.807) is 0 Å². The second-order valence-electron chi connectivity index (χ2n) is 3.34. The second kappa shape index (κ2) is 4.23. The Labute approximate surface area is 87.2 Å². The average molecular weight is 208 g/mol. The van der Waals surface area contributed by atoms with Crippen LogP contribution in [0.5, 0.6) is 0 Å². The molecule has 0 bridgehead atoms. The molecule has 1 aromatic rings. The molecular weight excluding hydrogens is 196 g/mol. The number of carboxylic acids is 1. The van der Waals surface area contributed by atoms with Crippen molar-refractivity contribution < 1.29 is 19.8 Å². The van der Waals surface area contributed by atoms with Crippen molar-refractivity contribution in [1.29, 1.82) is 0 Å². The van der Waals surface area contributed by atoms with Crippen molar-refractivity contribution in [3.05, 3.63) is 34.9 Å². The van der Waals surface area contributed by atoms with Crippen LogP contribution in [0.15, 0.2) is 18.2 Å². The summed E-state index contributed by atoms with van der Waals surface area (Å²) in [5.41, 5.74) is 0.682. The van der Waals surface area contributed by atoms with E-state index < -0.39 is 12.1 Å². The molecule has 1 unspecified atom stereocenters. The maximum absolute atomic E-state index is 11.1. The van der Waals surface area contributed by atoms with Crippen LogP contribution in [0, 0.1) is 0 Å². The molecule has 1 atom stereocenters. The number of hydrogen-bond donors (Lipinski definition) is 2. The lowest BCUT2D eigenvalue weighted by molar-refractivity contribution is 0.0689. The molecule has 15 heavy (non-hydrogen) atoms. The first kappa shape index (κ1) is 11.4. The van der Waals surface area contributed by atoms with Crippen LogP contribution in [-0.4, -0.2) is 22.0 Å². The Morgan fingerprint density at radius 1 is 1.33 bits per heavy atom. The molecule has 0 aliphatic heterocycles. The molecule has 2 N–H and O–H groups in total. The minimum absolute atomic E-state index is 0.0231. The minimum Gasteiger partial charge on any atom is -0.478 e. The van der Waals surface area contributed by atoms with Crippen LogP contribution in [-0.2, 0) is 0 Å². The number of aliphatic hydroxyl groups excluding tert-OH is 1. The lowest BCUT2D eigenvalue weighted by atomic mass is 9.99. The summed E-state index contributed by atoms with van der Waals surface area (Å²) in [6, 6.07) is 4.19. The maximum atomic E-state index is 11.1. The standard InChI is InChI=1S/C11H12O4/c1-6(12)8-3-4-9(11(14)15)10(5-8)7(2)13/h3-5,7,13H,1-2H3,(H,14,15). The van der Waals surface area contributed by atoms with E-state index in [9.17, 15) is 14.7 Å². The van der Waals surface area contributed by atoms with Crippen molar-refractivity contribution in [3.8, 4) is 0 Å². The van der Waals surface area contributed by atoms with Crippen molar-refractivity contribution in [2.24, 2.45) is 0 Å². The van der Waals surface area contributed by atoms with E-state index in [1.165, 1.54) is 32.0 Å². The first-order valence-corrected chi connectivity index (χ1v) is 4.49. The molecule has 4 nitrogen and oxygen atoms in total. The monoisotopic (exact) mass is 208 g/mol. The first-order chi connectivity index (χ1) is 6.93. The van der Waals surface area contributed by atoms with Gasteiger partial charge in [-0.15, -0.1) is 0 Å². The third kappa shape index (κ3) is 2.41. The topological polar surface area (TPSA) is 74.6 Å². The Hall–Kier alpha value is -1.68. The smallest absolute Gasteiger partial charge is 0.336 e. The van der Waals surface area contributed by atoms with E-state index in [2.05, 4.69) is 0 Å². The normalized spacial score (nSPS) is 12.2. The number of aliphatic hydroxyl groups is 1. The molecule has 0 spiro atoms. The second-order valence-corrected chi connectivity index (χ2v) is 3.34. The number of aromatic carboxylic acids is 1. The van der Waals surface area contributed by atoms with Crippen molar-refractivity contribution in [2.75, 3.05) is 0 Å².